The third kappa shape index (κ3) is 4.38. The summed E-state index contributed by atoms with van der Waals surface area (Å²) < 4.78 is 0. The van der Waals surface area contributed by atoms with Crippen LogP contribution in [-0.2, 0) is 0 Å². The predicted octanol–water partition coefficient (Wildman–Crippen LogP) is 4.83. The molecule has 140 valence electrons. The number of hydrogen-bond acceptors (Lipinski definition) is 6. The van der Waals surface area contributed by atoms with Gasteiger partial charge in [-0.3, -0.25) is 0 Å². The Morgan fingerprint density at radius 1 is 0.893 bits per heavy atom. The van der Waals surface area contributed by atoms with Gasteiger partial charge >= 0.3 is 0 Å². The van der Waals surface area contributed by atoms with Crippen LogP contribution in [0.15, 0.2) is 60.8 Å². The van der Waals surface area contributed by atoms with Gasteiger partial charge < -0.3 is 15.5 Å². The Morgan fingerprint density at radius 2 is 1.71 bits per heavy atom. The Balaban J connectivity index is 1.43. The third-order valence-corrected chi connectivity index (χ3v) is 4.76. The van der Waals surface area contributed by atoms with E-state index in [0.717, 1.165) is 24.5 Å². The molecule has 0 radical (unpaired) electrons. The molecule has 1 fully saturated rings. The number of anilines is 5. The van der Waals surface area contributed by atoms with E-state index in [1.807, 2.05) is 18.2 Å². The molecule has 6 nitrogen and oxygen atoms in total. The zero-order valence-electron chi connectivity index (χ0n) is 15.6. The zero-order valence-corrected chi connectivity index (χ0v) is 15.6. The summed E-state index contributed by atoms with van der Waals surface area (Å²) in [5, 5.41) is 15.5. The average molecular weight is 370 g/mol. The lowest BCUT2D eigenvalue weighted by Gasteiger charge is -2.28. The van der Waals surface area contributed by atoms with Crippen molar-refractivity contribution in [3.8, 4) is 6.07 Å². The van der Waals surface area contributed by atoms with Crippen molar-refractivity contribution >= 4 is 28.8 Å². The molecule has 1 aliphatic heterocycles. The number of aromatic nitrogens is 2. The summed E-state index contributed by atoms with van der Waals surface area (Å²) in [5.74, 6) is 1.18. The summed E-state index contributed by atoms with van der Waals surface area (Å²) in [7, 11) is 0. The highest BCUT2D eigenvalue weighted by molar-refractivity contribution is 5.62. The summed E-state index contributed by atoms with van der Waals surface area (Å²) in [5.41, 5.74) is 3.62. The fourth-order valence-electron chi connectivity index (χ4n) is 3.34. The zero-order chi connectivity index (χ0) is 19.2. The van der Waals surface area contributed by atoms with Crippen molar-refractivity contribution in [2.24, 2.45) is 0 Å². The van der Waals surface area contributed by atoms with Crippen LogP contribution in [0.25, 0.3) is 0 Å². The molecule has 4 rings (SSSR count). The highest BCUT2D eigenvalue weighted by atomic mass is 15.1. The van der Waals surface area contributed by atoms with Gasteiger partial charge in [-0.25, -0.2) is 4.98 Å². The minimum absolute atomic E-state index is 0.477. The van der Waals surface area contributed by atoms with Gasteiger partial charge in [-0.15, -0.1) is 0 Å². The number of benzene rings is 2. The van der Waals surface area contributed by atoms with E-state index in [4.69, 9.17) is 5.26 Å². The molecule has 2 N–H and O–H groups in total. The van der Waals surface area contributed by atoms with E-state index in [9.17, 15) is 0 Å². The van der Waals surface area contributed by atoms with Crippen LogP contribution in [0.4, 0.5) is 28.8 Å². The summed E-state index contributed by atoms with van der Waals surface area (Å²) in [6.07, 6.45) is 5.58. The second kappa shape index (κ2) is 8.40. The Kier molecular flexibility index (Phi) is 5.34. The van der Waals surface area contributed by atoms with Crippen LogP contribution in [0, 0.1) is 11.3 Å². The van der Waals surface area contributed by atoms with E-state index in [-0.39, 0.29) is 0 Å². The topological polar surface area (TPSA) is 76.9 Å². The smallest absolute Gasteiger partial charge is 0.229 e. The highest BCUT2D eigenvalue weighted by Crippen LogP contribution is 2.23. The first kappa shape index (κ1) is 17.8. The maximum absolute atomic E-state index is 9.02. The molecule has 0 bridgehead atoms. The Bertz CT molecular complexity index is 971. The van der Waals surface area contributed by atoms with Gasteiger partial charge in [0, 0.05) is 36.3 Å². The maximum Gasteiger partial charge on any atom is 0.229 e. The van der Waals surface area contributed by atoms with Gasteiger partial charge in [0.05, 0.1) is 11.6 Å². The predicted molar refractivity (Wildman–Crippen MR) is 112 cm³/mol. The summed E-state index contributed by atoms with van der Waals surface area (Å²) in [4.78, 5) is 11.2. The van der Waals surface area contributed by atoms with E-state index in [2.05, 4.69) is 55.8 Å². The van der Waals surface area contributed by atoms with Crippen LogP contribution in [0.3, 0.4) is 0 Å². The molecule has 0 amide bonds. The summed E-state index contributed by atoms with van der Waals surface area (Å²) in [6, 6.07) is 19.7. The van der Waals surface area contributed by atoms with Gasteiger partial charge in [0.25, 0.3) is 0 Å². The molecule has 0 unspecified atom stereocenters. The van der Waals surface area contributed by atoms with Crippen LogP contribution in [0.5, 0.6) is 0 Å². The third-order valence-electron chi connectivity index (χ3n) is 4.76. The van der Waals surface area contributed by atoms with Crippen LogP contribution < -0.4 is 15.5 Å². The largest absolute Gasteiger partial charge is 0.372 e. The Morgan fingerprint density at radius 3 is 2.50 bits per heavy atom. The first-order valence-electron chi connectivity index (χ1n) is 9.52. The second-order valence-electron chi connectivity index (χ2n) is 6.80. The average Bonchev–Trinajstić information content (AvgIpc) is 2.75. The summed E-state index contributed by atoms with van der Waals surface area (Å²) in [6.45, 7) is 2.28. The van der Waals surface area contributed by atoms with Gasteiger partial charge in [-0.05, 0) is 67.8 Å². The number of nitrogens with one attached hydrogen (secondary N) is 2. The van der Waals surface area contributed by atoms with Crippen molar-refractivity contribution in [3.05, 3.63) is 66.4 Å². The van der Waals surface area contributed by atoms with Gasteiger partial charge in [-0.2, -0.15) is 10.2 Å². The molecular weight excluding hydrogens is 348 g/mol. The van der Waals surface area contributed by atoms with E-state index in [1.54, 1.807) is 18.3 Å². The normalized spacial score (nSPS) is 13.6. The van der Waals surface area contributed by atoms with Crippen molar-refractivity contribution in [2.45, 2.75) is 19.3 Å². The fourth-order valence-corrected chi connectivity index (χ4v) is 3.34. The van der Waals surface area contributed by atoms with Crippen LogP contribution in [0.1, 0.15) is 24.8 Å². The van der Waals surface area contributed by atoms with Gasteiger partial charge in [0.15, 0.2) is 0 Å². The van der Waals surface area contributed by atoms with Crippen molar-refractivity contribution in [1.82, 2.24) is 9.97 Å². The van der Waals surface area contributed by atoms with Crippen LogP contribution in [-0.4, -0.2) is 23.1 Å². The van der Waals surface area contributed by atoms with Crippen molar-refractivity contribution < 1.29 is 0 Å². The molecule has 2 heterocycles. The van der Waals surface area contributed by atoms with Crippen molar-refractivity contribution in [2.75, 3.05) is 28.6 Å². The van der Waals surface area contributed by atoms with Crippen LogP contribution >= 0.6 is 0 Å². The lowest BCUT2D eigenvalue weighted by molar-refractivity contribution is 0.578. The molecular formula is C22H22N6. The van der Waals surface area contributed by atoms with E-state index in [1.165, 1.54) is 24.9 Å². The Hall–Kier alpha value is -3.59. The minimum Gasteiger partial charge on any atom is -0.372 e. The molecule has 0 aliphatic carbocycles. The quantitative estimate of drug-likeness (QED) is 0.670. The first-order valence-corrected chi connectivity index (χ1v) is 9.52. The highest BCUT2D eigenvalue weighted by Gasteiger charge is 2.10. The number of piperidine rings is 1. The number of rotatable bonds is 5. The van der Waals surface area contributed by atoms with E-state index in [0.29, 0.717) is 17.3 Å². The fraction of sp³-hybridized carbons (Fsp3) is 0.227. The van der Waals surface area contributed by atoms with Gasteiger partial charge in [0.1, 0.15) is 5.82 Å². The first-order chi connectivity index (χ1) is 13.8. The maximum atomic E-state index is 9.02. The molecule has 2 aromatic carbocycles. The lowest BCUT2D eigenvalue weighted by Crippen LogP contribution is -2.29. The van der Waals surface area contributed by atoms with Crippen molar-refractivity contribution in [3.63, 3.8) is 0 Å². The number of nitrogens with zero attached hydrogens (tertiary/aromatic N) is 4. The molecule has 6 heteroatoms. The second-order valence-corrected chi connectivity index (χ2v) is 6.80. The molecule has 1 aliphatic rings. The number of nitriles is 1. The summed E-state index contributed by atoms with van der Waals surface area (Å²) >= 11 is 0. The molecule has 1 aromatic heterocycles. The SMILES string of the molecule is N#Cc1cccc(Nc2nccc(Nc3ccc(N4CCCCC4)cc3)n2)c1. The number of hydrogen-bond donors (Lipinski definition) is 2. The molecule has 1 saturated heterocycles. The van der Waals surface area contributed by atoms with Gasteiger partial charge in [-0.1, -0.05) is 6.07 Å². The molecule has 3 aromatic rings. The van der Waals surface area contributed by atoms with Gasteiger partial charge in [0.2, 0.25) is 5.95 Å². The van der Waals surface area contributed by atoms with E-state index < -0.39 is 0 Å². The van der Waals surface area contributed by atoms with E-state index >= 15 is 0 Å². The lowest BCUT2D eigenvalue weighted by atomic mass is 10.1. The standard InChI is InChI=1S/C22H22N6/c23-16-17-5-4-6-19(15-17)26-22-24-12-11-21(27-22)25-18-7-9-20(10-8-18)28-13-2-1-3-14-28/h4-12,15H,1-3,13-14H2,(H2,24,25,26,27). The molecule has 0 spiro atoms. The Labute approximate surface area is 164 Å². The molecule has 28 heavy (non-hydrogen) atoms. The minimum atomic E-state index is 0.477. The molecule has 0 saturated carbocycles. The van der Waals surface area contributed by atoms with Crippen LogP contribution in [0.2, 0.25) is 0 Å². The van der Waals surface area contributed by atoms with Crippen molar-refractivity contribution in [1.29, 1.82) is 5.26 Å². The monoisotopic (exact) mass is 370 g/mol. The molecule has 0 atom stereocenters.